The second-order valence-corrected chi connectivity index (χ2v) is 8.18. The number of hydrogen-bond donors (Lipinski definition) is 0. The van der Waals surface area contributed by atoms with Gasteiger partial charge in [-0.2, -0.15) is 9.78 Å². The zero-order valence-corrected chi connectivity index (χ0v) is 17.1. The Balaban J connectivity index is 1.60. The van der Waals surface area contributed by atoms with E-state index in [2.05, 4.69) is 28.9 Å². The van der Waals surface area contributed by atoms with E-state index >= 15 is 0 Å². The Kier molecular flexibility index (Phi) is 4.87. The predicted molar refractivity (Wildman–Crippen MR) is 113 cm³/mol. The first-order valence-electron chi connectivity index (χ1n) is 10.7. The molecule has 5 rings (SSSR count). The van der Waals surface area contributed by atoms with Gasteiger partial charge in [-0.3, -0.25) is 4.79 Å². The number of piperidine rings is 1. The highest BCUT2D eigenvalue weighted by Crippen LogP contribution is 2.39. The maximum Gasteiger partial charge on any atom is 0.294 e. The van der Waals surface area contributed by atoms with E-state index in [1.54, 1.807) is 4.68 Å². The monoisotopic (exact) mass is 392 g/mol. The predicted octanol–water partition coefficient (Wildman–Crippen LogP) is 3.34. The molecular weight excluding hydrogens is 364 g/mol. The standard InChI is InChI=1S/C23H28N4O2/c1-17-16-19-22(25-10-6-3-7-11-25)20(18-8-4-2-5-9-18)24-27(19)23(28)21(17)26-12-14-29-15-13-26/h2,4-5,8-9H,3,6-7,10-16H2,1H3. The first kappa shape index (κ1) is 18.4. The highest BCUT2D eigenvalue weighted by atomic mass is 16.5. The Morgan fingerprint density at radius 2 is 1.66 bits per heavy atom. The van der Waals surface area contributed by atoms with Gasteiger partial charge >= 0.3 is 0 Å². The van der Waals surface area contributed by atoms with Gasteiger partial charge < -0.3 is 14.5 Å². The van der Waals surface area contributed by atoms with E-state index in [1.807, 2.05) is 18.2 Å². The Hall–Kier alpha value is -2.60. The minimum atomic E-state index is 0.00564. The largest absolute Gasteiger partial charge is 0.378 e. The van der Waals surface area contributed by atoms with Gasteiger partial charge in [-0.25, -0.2) is 0 Å². The molecule has 0 radical (unpaired) electrons. The topological polar surface area (TPSA) is 50.6 Å². The van der Waals surface area contributed by atoms with Gasteiger partial charge in [0.15, 0.2) is 0 Å². The molecule has 0 spiro atoms. The molecule has 3 aliphatic rings. The first-order chi connectivity index (χ1) is 14.2. The highest BCUT2D eigenvalue weighted by Gasteiger charge is 2.35. The van der Waals surface area contributed by atoms with Gasteiger partial charge in [0, 0.05) is 38.2 Å². The van der Waals surface area contributed by atoms with E-state index in [0.29, 0.717) is 13.2 Å². The Labute approximate surface area is 171 Å². The van der Waals surface area contributed by atoms with Crippen molar-refractivity contribution in [3.8, 4) is 11.3 Å². The summed E-state index contributed by atoms with van der Waals surface area (Å²) >= 11 is 0. The fraction of sp³-hybridized carbons (Fsp3) is 0.478. The van der Waals surface area contributed by atoms with Gasteiger partial charge in [0.25, 0.3) is 5.91 Å². The molecule has 0 amide bonds. The molecule has 0 N–H and O–H groups in total. The van der Waals surface area contributed by atoms with Crippen molar-refractivity contribution in [2.75, 3.05) is 44.3 Å². The minimum Gasteiger partial charge on any atom is -0.378 e. The van der Waals surface area contributed by atoms with E-state index in [0.717, 1.165) is 66.5 Å². The van der Waals surface area contributed by atoms with Crippen LogP contribution in [0.15, 0.2) is 41.6 Å². The smallest absolute Gasteiger partial charge is 0.294 e. The molecule has 29 heavy (non-hydrogen) atoms. The molecule has 0 aliphatic carbocycles. The van der Waals surface area contributed by atoms with Crippen molar-refractivity contribution in [2.24, 2.45) is 0 Å². The van der Waals surface area contributed by atoms with Crippen LogP contribution in [0.2, 0.25) is 0 Å². The zero-order valence-electron chi connectivity index (χ0n) is 17.1. The van der Waals surface area contributed by atoms with E-state index < -0.39 is 0 Å². The summed E-state index contributed by atoms with van der Waals surface area (Å²) in [6.45, 7) is 7.03. The molecule has 2 fully saturated rings. The lowest BCUT2D eigenvalue weighted by Crippen LogP contribution is -2.42. The van der Waals surface area contributed by atoms with Crippen molar-refractivity contribution in [1.29, 1.82) is 0 Å². The third-order valence-corrected chi connectivity index (χ3v) is 6.23. The molecular formula is C23H28N4O2. The van der Waals surface area contributed by atoms with Crippen molar-refractivity contribution in [3.05, 3.63) is 47.3 Å². The van der Waals surface area contributed by atoms with Crippen molar-refractivity contribution in [3.63, 3.8) is 0 Å². The highest BCUT2D eigenvalue weighted by molar-refractivity contribution is 5.99. The van der Waals surface area contributed by atoms with Crippen LogP contribution in [-0.4, -0.2) is 60.0 Å². The molecule has 1 aromatic heterocycles. The molecule has 0 saturated carbocycles. The molecule has 6 nitrogen and oxygen atoms in total. The summed E-state index contributed by atoms with van der Waals surface area (Å²) in [5.74, 6) is 0.00564. The lowest BCUT2D eigenvalue weighted by Gasteiger charge is -2.34. The fourth-order valence-corrected chi connectivity index (χ4v) is 4.82. The lowest BCUT2D eigenvalue weighted by molar-refractivity contribution is 0.0475. The van der Waals surface area contributed by atoms with Gasteiger partial charge in [0.2, 0.25) is 0 Å². The number of anilines is 1. The second kappa shape index (κ2) is 7.67. The average molecular weight is 393 g/mol. The normalized spacial score (nSPS) is 20.2. The summed E-state index contributed by atoms with van der Waals surface area (Å²) in [7, 11) is 0. The second-order valence-electron chi connectivity index (χ2n) is 8.18. The van der Waals surface area contributed by atoms with Crippen LogP contribution in [0.4, 0.5) is 5.69 Å². The number of allylic oxidation sites excluding steroid dienone is 2. The van der Waals surface area contributed by atoms with Crippen molar-refractivity contribution in [2.45, 2.75) is 32.6 Å². The van der Waals surface area contributed by atoms with Crippen LogP contribution in [0.5, 0.6) is 0 Å². The van der Waals surface area contributed by atoms with E-state index in [9.17, 15) is 4.79 Å². The van der Waals surface area contributed by atoms with E-state index in [4.69, 9.17) is 9.84 Å². The number of carbonyl (C=O) groups is 1. The SMILES string of the molecule is CC1=C(N2CCOCC2)C(=O)n2nc(-c3ccccc3)c(N3CCCCC3)c2C1. The minimum absolute atomic E-state index is 0.00564. The molecule has 152 valence electrons. The van der Waals surface area contributed by atoms with Crippen LogP contribution in [-0.2, 0) is 11.2 Å². The lowest BCUT2D eigenvalue weighted by atomic mass is 9.99. The van der Waals surface area contributed by atoms with Crippen LogP contribution in [0, 0.1) is 0 Å². The number of aromatic nitrogens is 2. The van der Waals surface area contributed by atoms with Gasteiger partial charge in [-0.15, -0.1) is 0 Å². The van der Waals surface area contributed by atoms with Crippen LogP contribution >= 0.6 is 0 Å². The zero-order chi connectivity index (χ0) is 19.8. The summed E-state index contributed by atoms with van der Waals surface area (Å²) in [6, 6.07) is 10.3. The molecule has 6 heteroatoms. The van der Waals surface area contributed by atoms with Crippen molar-refractivity contribution < 1.29 is 9.53 Å². The maximum absolute atomic E-state index is 13.5. The molecule has 2 aromatic rings. The van der Waals surface area contributed by atoms with E-state index in [-0.39, 0.29) is 5.91 Å². The first-order valence-corrected chi connectivity index (χ1v) is 10.7. The number of carbonyl (C=O) groups excluding carboxylic acids is 1. The molecule has 0 atom stereocenters. The van der Waals surface area contributed by atoms with Crippen LogP contribution in [0.25, 0.3) is 11.3 Å². The van der Waals surface area contributed by atoms with Crippen molar-refractivity contribution >= 4 is 11.6 Å². The van der Waals surface area contributed by atoms with Crippen LogP contribution in [0.1, 0.15) is 36.7 Å². The number of rotatable bonds is 3. The number of morpholine rings is 1. The Bertz CT molecular complexity index is 935. The summed E-state index contributed by atoms with van der Waals surface area (Å²) in [6.07, 6.45) is 4.44. The summed E-state index contributed by atoms with van der Waals surface area (Å²) in [5.41, 5.74) is 6.17. The number of ether oxygens (including phenoxy) is 1. The summed E-state index contributed by atoms with van der Waals surface area (Å²) in [4.78, 5) is 18.2. The van der Waals surface area contributed by atoms with Gasteiger partial charge in [0.05, 0.1) is 24.6 Å². The molecule has 0 unspecified atom stereocenters. The molecule has 4 heterocycles. The average Bonchev–Trinajstić information content (AvgIpc) is 3.15. The van der Waals surface area contributed by atoms with Gasteiger partial charge in [0.1, 0.15) is 11.4 Å². The molecule has 0 bridgehead atoms. The van der Waals surface area contributed by atoms with Crippen LogP contribution in [0.3, 0.4) is 0 Å². The van der Waals surface area contributed by atoms with Crippen molar-refractivity contribution in [1.82, 2.24) is 14.7 Å². The summed E-state index contributed by atoms with van der Waals surface area (Å²) < 4.78 is 7.17. The molecule has 3 aliphatic heterocycles. The number of hydrogen-bond acceptors (Lipinski definition) is 5. The quantitative estimate of drug-likeness (QED) is 0.802. The Morgan fingerprint density at radius 1 is 0.931 bits per heavy atom. The summed E-state index contributed by atoms with van der Waals surface area (Å²) in [5, 5.41) is 4.89. The number of benzene rings is 1. The van der Waals surface area contributed by atoms with Gasteiger partial charge in [-0.1, -0.05) is 30.3 Å². The third-order valence-electron chi connectivity index (χ3n) is 6.23. The third kappa shape index (κ3) is 3.25. The maximum atomic E-state index is 13.5. The van der Waals surface area contributed by atoms with Crippen LogP contribution < -0.4 is 4.90 Å². The Morgan fingerprint density at radius 3 is 2.38 bits per heavy atom. The molecule has 2 saturated heterocycles. The molecule has 1 aromatic carbocycles. The van der Waals surface area contributed by atoms with E-state index in [1.165, 1.54) is 19.3 Å². The van der Waals surface area contributed by atoms with Gasteiger partial charge in [-0.05, 0) is 31.8 Å². The number of nitrogens with zero attached hydrogens (tertiary/aromatic N) is 4. The fourth-order valence-electron chi connectivity index (χ4n) is 4.82. The number of fused-ring (bicyclic) bond motifs is 1.